The molecule has 1 unspecified atom stereocenters. The summed E-state index contributed by atoms with van der Waals surface area (Å²) in [6.07, 6.45) is 5.02. The molecule has 2 heterocycles. The van der Waals surface area contributed by atoms with Crippen LogP contribution in [0.1, 0.15) is 72.0 Å². The van der Waals surface area contributed by atoms with Crippen LogP contribution in [0.4, 0.5) is 0 Å². The second-order valence-corrected chi connectivity index (χ2v) is 10.6. The van der Waals surface area contributed by atoms with E-state index in [1.54, 1.807) is 11.0 Å². The van der Waals surface area contributed by atoms with Gasteiger partial charge in [-0.15, -0.1) is 0 Å². The minimum atomic E-state index is -0.658. The summed E-state index contributed by atoms with van der Waals surface area (Å²) in [6, 6.07) is 13.9. The predicted molar refractivity (Wildman–Crippen MR) is 143 cm³/mol. The van der Waals surface area contributed by atoms with Crippen LogP contribution in [-0.2, 0) is 38.7 Å². The highest BCUT2D eigenvalue weighted by Crippen LogP contribution is 2.31. The van der Waals surface area contributed by atoms with Crippen LogP contribution >= 0.6 is 0 Å². The average molecular weight is 531 g/mol. The topological polar surface area (TPSA) is 125 Å². The van der Waals surface area contributed by atoms with Gasteiger partial charge in [0, 0.05) is 31.0 Å². The minimum Gasteiger partial charge on any atom is -0.350 e. The molecule has 3 N–H and O–H groups in total. The molecule has 5 amide bonds. The molecule has 2 atom stereocenters. The Morgan fingerprint density at radius 1 is 1.00 bits per heavy atom. The third kappa shape index (κ3) is 6.02. The SMILES string of the molecule is O=C1CCC(N2Cc3c(CCC[C@H](NC(=O)C4CCC4)C(=O)NCc4ccccc4)cccc3C2=O)C(=O)N1. The van der Waals surface area contributed by atoms with Crippen molar-refractivity contribution >= 4 is 29.5 Å². The van der Waals surface area contributed by atoms with Gasteiger partial charge >= 0.3 is 0 Å². The number of piperidine rings is 1. The van der Waals surface area contributed by atoms with E-state index in [1.165, 1.54) is 0 Å². The van der Waals surface area contributed by atoms with E-state index in [9.17, 15) is 24.0 Å². The Balaban J connectivity index is 1.22. The molecule has 1 aliphatic carbocycles. The largest absolute Gasteiger partial charge is 0.350 e. The first-order chi connectivity index (χ1) is 18.9. The lowest BCUT2D eigenvalue weighted by Crippen LogP contribution is -2.52. The van der Waals surface area contributed by atoms with Gasteiger partial charge in [0.1, 0.15) is 12.1 Å². The van der Waals surface area contributed by atoms with E-state index in [0.29, 0.717) is 44.3 Å². The van der Waals surface area contributed by atoms with Gasteiger partial charge in [-0.1, -0.05) is 48.9 Å². The van der Waals surface area contributed by atoms with E-state index in [4.69, 9.17) is 0 Å². The van der Waals surface area contributed by atoms with Crippen molar-refractivity contribution in [2.45, 2.75) is 76.5 Å². The molecule has 3 aliphatic rings. The van der Waals surface area contributed by atoms with E-state index in [2.05, 4.69) is 16.0 Å². The third-order valence-corrected chi connectivity index (χ3v) is 8.04. The van der Waals surface area contributed by atoms with Gasteiger partial charge in [-0.05, 0) is 61.3 Å². The third-order valence-electron chi connectivity index (χ3n) is 8.04. The quantitative estimate of drug-likeness (QED) is 0.407. The molecule has 0 spiro atoms. The molecule has 204 valence electrons. The molecule has 0 bridgehead atoms. The fourth-order valence-electron chi connectivity index (χ4n) is 5.52. The van der Waals surface area contributed by atoms with Crippen LogP contribution in [0.25, 0.3) is 0 Å². The number of hydrogen-bond donors (Lipinski definition) is 3. The molecule has 0 aromatic heterocycles. The van der Waals surface area contributed by atoms with E-state index in [-0.39, 0.29) is 36.0 Å². The second-order valence-electron chi connectivity index (χ2n) is 10.6. The number of imide groups is 1. The van der Waals surface area contributed by atoms with Gasteiger partial charge in [-0.25, -0.2) is 0 Å². The minimum absolute atomic E-state index is 0.0175. The number of hydrogen-bond acceptors (Lipinski definition) is 5. The maximum Gasteiger partial charge on any atom is 0.255 e. The normalized spacial score (nSPS) is 19.6. The van der Waals surface area contributed by atoms with E-state index in [0.717, 1.165) is 36.0 Å². The maximum absolute atomic E-state index is 13.1. The van der Waals surface area contributed by atoms with Gasteiger partial charge in [0.05, 0.1) is 0 Å². The lowest BCUT2D eigenvalue weighted by Gasteiger charge is -2.29. The first kappa shape index (κ1) is 26.6. The molecule has 5 rings (SSSR count). The van der Waals surface area contributed by atoms with Crippen molar-refractivity contribution in [1.29, 1.82) is 0 Å². The number of amides is 5. The standard InChI is InChI=1S/C30H34N4O5/c35-26-16-15-25(29(38)33-26)34-18-23-20(9-5-13-22(23)30(34)39)10-6-14-24(32-27(36)21-11-4-12-21)28(37)31-17-19-7-2-1-3-8-19/h1-3,5,7-9,13,21,24-25H,4,6,10-12,14-18H2,(H,31,37)(H,32,36)(H,33,35,38)/t24-,25?/m0/s1. The Morgan fingerprint density at radius 2 is 1.79 bits per heavy atom. The summed E-state index contributed by atoms with van der Waals surface area (Å²) < 4.78 is 0. The van der Waals surface area contributed by atoms with Crippen LogP contribution < -0.4 is 16.0 Å². The fraction of sp³-hybridized carbons (Fsp3) is 0.433. The van der Waals surface area contributed by atoms with Crippen molar-refractivity contribution in [3.63, 3.8) is 0 Å². The monoisotopic (exact) mass is 530 g/mol. The highest BCUT2D eigenvalue weighted by Gasteiger charge is 2.39. The number of carbonyl (C=O) groups is 5. The first-order valence-corrected chi connectivity index (χ1v) is 13.8. The zero-order valence-electron chi connectivity index (χ0n) is 21.9. The molecule has 2 aliphatic heterocycles. The van der Waals surface area contributed by atoms with E-state index in [1.807, 2.05) is 42.5 Å². The zero-order chi connectivity index (χ0) is 27.4. The van der Waals surface area contributed by atoms with E-state index >= 15 is 0 Å². The first-order valence-electron chi connectivity index (χ1n) is 13.8. The Kier molecular flexibility index (Phi) is 8.05. The molecule has 1 saturated heterocycles. The molecule has 1 saturated carbocycles. The van der Waals surface area contributed by atoms with Crippen LogP contribution in [-0.4, -0.2) is 46.5 Å². The molecule has 39 heavy (non-hydrogen) atoms. The summed E-state index contributed by atoms with van der Waals surface area (Å²) in [7, 11) is 0. The summed E-state index contributed by atoms with van der Waals surface area (Å²) in [5.41, 5.74) is 3.44. The highest BCUT2D eigenvalue weighted by molar-refractivity contribution is 6.05. The summed E-state index contributed by atoms with van der Waals surface area (Å²) in [5, 5.41) is 8.27. The highest BCUT2D eigenvalue weighted by atomic mass is 16.2. The van der Waals surface area contributed by atoms with Gasteiger partial charge < -0.3 is 15.5 Å². The van der Waals surface area contributed by atoms with Gasteiger partial charge in [0.25, 0.3) is 5.91 Å². The maximum atomic E-state index is 13.1. The summed E-state index contributed by atoms with van der Waals surface area (Å²) in [5.74, 6) is -1.23. The van der Waals surface area contributed by atoms with Gasteiger partial charge in [0.2, 0.25) is 23.6 Å². The number of fused-ring (bicyclic) bond motifs is 1. The summed E-state index contributed by atoms with van der Waals surface area (Å²) >= 11 is 0. The molecule has 2 aromatic rings. The number of benzene rings is 2. The Labute approximate surface area is 227 Å². The predicted octanol–water partition coefficient (Wildman–Crippen LogP) is 2.37. The lowest BCUT2D eigenvalue weighted by molar-refractivity contribution is -0.137. The number of nitrogens with one attached hydrogen (secondary N) is 3. The van der Waals surface area contributed by atoms with Crippen LogP contribution in [0.15, 0.2) is 48.5 Å². The summed E-state index contributed by atoms with van der Waals surface area (Å²) in [4.78, 5) is 64.4. The van der Waals surface area contributed by atoms with Crippen LogP contribution in [0, 0.1) is 5.92 Å². The van der Waals surface area contributed by atoms with Crippen molar-refractivity contribution < 1.29 is 24.0 Å². The summed E-state index contributed by atoms with van der Waals surface area (Å²) in [6.45, 7) is 0.704. The van der Waals surface area contributed by atoms with Crippen LogP contribution in [0.3, 0.4) is 0 Å². The zero-order valence-corrected chi connectivity index (χ0v) is 21.9. The molecule has 0 radical (unpaired) electrons. The number of nitrogens with zero attached hydrogens (tertiary/aromatic N) is 1. The smallest absolute Gasteiger partial charge is 0.255 e. The number of aryl methyl sites for hydroxylation is 1. The number of carbonyl (C=O) groups excluding carboxylic acids is 5. The molecular formula is C30H34N4O5. The number of rotatable bonds is 10. The van der Waals surface area contributed by atoms with Crippen LogP contribution in [0.2, 0.25) is 0 Å². The molecule has 9 heteroatoms. The average Bonchev–Trinajstić information content (AvgIpc) is 3.23. The van der Waals surface area contributed by atoms with Crippen molar-refractivity contribution in [3.05, 3.63) is 70.8 Å². The van der Waals surface area contributed by atoms with Gasteiger partial charge in [-0.3, -0.25) is 29.3 Å². The van der Waals surface area contributed by atoms with Gasteiger partial charge in [-0.2, -0.15) is 0 Å². The van der Waals surface area contributed by atoms with Crippen molar-refractivity contribution in [2.24, 2.45) is 5.92 Å². The van der Waals surface area contributed by atoms with Crippen molar-refractivity contribution in [1.82, 2.24) is 20.9 Å². The molecule has 2 fully saturated rings. The Morgan fingerprint density at radius 3 is 2.51 bits per heavy atom. The lowest BCUT2D eigenvalue weighted by atomic mass is 9.84. The van der Waals surface area contributed by atoms with Crippen molar-refractivity contribution in [3.8, 4) is 0 Å². The Hall–Kier alpha value is -4.01. The molecular weight excluding hydrogens is 496 g/mol. The second kappa shape index (κ2) is 11.8. The van der Waals surface area contributed by atoms with E-state index < -0.39 is 18.0 Å². The fourth-order valence-corrected chi connectivity index (χ4v) is 5.52. The van der Waals surface area contributed by atoms with Gasteiger partial charge in [0.15, 0.2) is 0 Å². The Bertz CT molecular complexity index is 1270. The molecule has 2 aromatic carbocycles. The molecule has 9 nitrogen and oxygen atoms in total. The van der Waals surface area contributed by atoms with Crippen molar-refractivity contribution in [2.75, 3.05) is 0 Å². The van der Waals surface area contributed by atoms with Crippen LogP contribution in [0.5, 0.6) is 0 Å².